The minimum atomic E-state index is -0.972. The molecule has 1 saturated heterocycles. The maximum Gasteiger partial charge on any atom is 0.181 e. The molecule has 0 amide bonds. The normalized spacial score (nSPS) is 20.2. The fourth-order valence-electron chi connectivity index (χ4n) is 6.23. The van der Waals surface area contributed by atoms with Gasteiger partial charge in [0.25, 0.3) is 0 Å². The van der Waals surface area contributed by atoms with Crippen molar-refractivity contribution >= 4 is 28.9 Å². The highest BCUT2D eigenvalue weighted by atomic mass is 35.5. The van der Waals surface area contributed by atoms with Crippen molar-refractivity contribution in [2.75, 3.05) is 31.5 Å². The highest BCUT2D eigenvalue weighted by Crippen LogP contribution is 2.31. The smallest absolute Gasteiger partial charge is 0.181 e. The number of nitriles is 1. The first-order chi connectivity index (χ1) is 19.4. The van der Waals surface area contributed by atoms with E-state index in [9.17, 15) is 10.4 Å². The summed E-state index contributed by atoms with van der Waals surface area (Å²) < 4.78 is 0. The van der Waals surface area contributed by atoms with E-state index in [1.807, 2.05) is 24.3 Å². The highest BCUT2D eigenvalue weighted by molar-refractivity contribution is 6.35. The fraction of sp³-hybridized carbons (Fsp3) is 0.406. The predicted molar refractivity (Wildman–Crippen MR) is 163 cm³/mol. The van der Waals surface area contributed by atoms with Gasteiger partial charge in [0.15, 0.2) is 6.35 Å². The molecule has 1 aliphatic carbocycles. The second-order valence-electron chi connectivity index (χ2n) is 11.0. The molecule has 2 fully saturated rings. The first kappa shape index (κ1) is 28.9. The summed E-state index contributed by atoms with van der Waals surface area (Å²) in [7, 11) is 0. The van der Waals surface area contributed by atoms with Crippen LogP contribution in [0, 0.1) is 11.3 Å². The molecular weight excluding hydrogens is 541 g/mol. The lowest BCUT2D eigenvalue weighted by atomic mass is 9.97. The molecule has 1 aliphatic heterocycles. The molecule has 0 spiro atoms. The molecule has 3 atom stereocenters. The number of piperazine rings is 1. The molecule has 3 aromatic carbocycles. The van der Waals surface area contributed by atoms with E-state index in [0.29, 0.717) is 33.9 Å². The first-order valence-electron chi connectivity index (χ1n) is 14.1. The molecule has 6 nitrogen and oxygen atoms in total. The summed E-state index contributed by atoms with van der Waals surface area (Å²) in [4.78, 5) is 5.25. The molecule has 1 unspecified atom stereocenters. The van der Waals surface area contributed by atoms with Crippen molar-refractivity contribution in [1.82, 2.24) is 15.1 Å². The minimum Gasteiger partial charge on any atom is -0.361 e. The number of benzene rings is 3. The summed E-state index contributed by atoms with van der Waals surface area (Å²) in [5.74, 6) is 0. The van der Waals surface area contributed by atoms with Gasteiger partial charge in [-0.1, -0.05) is 72.4 Å². The van der Waals surface area contributed by atoms with Crippen LogP contribution in [0.2, 0.25) is 10.0 Å². The first-order valence-corrected chi connectivity index (χ1v) is 14.9. The number of hydrogen-bond acceptors (Lipinski definition) is 6. The van der Waals surface area contributed by atoms with Gasteiger partial charge >= 0.3 is 0 Å². The summed E-state index contributed by atoms with van der Waals surface area (Å²) in [6, 6.07) is 24.8. The largest absolute Gasteiger partial charge is 0.361 e. The lowest BCUT2D eigenvalue weighted by Gasteiger charge is -2.46. The van der Waals surface area contributed by atoms with Crippen LogP contribution in [0.15, 0.2) is 66.7 Å². The lowest BCUT2D eigenvalue weighted by Crippen LogP contribution is -2.56. The molecule has 1 saturated carbocycles. The third kappa shape index (κ3) is 7.16. The van der Waals surface area contributed by atoms with Gasteiger partial charge < -0.3 is 10.4 Å². The summed E-state index contributed by atoms with van der Waals surface area (Å²) >= 11 is 12.3. The number of aliphatic hydroxyl groups excluding tert-OH is 1. The van der Waals surface area contributed by atoms with Gasteiger partial charge in [0, 0.05) is 60.0 Å². The summed E-state index contributed by atoms with van der Waals surface area (Å²) in [6.45, 7) is 5.97. The Labute approximate surface area is 247 Å². The molecule has 5 rings (SSSR count). The lowest BCUT2D eigenvalue weighted by molar-refractivity contribution is 0.0236. The average Bonchev–Trinajstić information content (AvgIpc) is 3.49. The van der Waals surface area contributed by atoms with E-state index in [4.69, 9.17) is 23.2 Å². The van der Waals surface area contributed by atoms with Crippen LogP contribution in [0.4, 0.5) is 5.69 Å². The molecule has 1 heterocycles. The molecule has 3 N–H and O–H groups in total. The van der Waals surface area contributed by atoms with Crippen LogP contribution >= 0.6 is 23.2 Å². The van der Waals surface area contributed by atoms with E-state index in [1.54, 1.807) is 18.2 Å². The van der Waals surface area contributed by atoms with Crippen molar-refractivity contribution in [3.8, 4) is 17.2 Å². The van der Waals surface area contributed by atoms with Crippen molar-refractivity contribution in [3.63, 3.8) is 0 Å². The number of nitrogens with zero attached hydrogens (tertiary/aromatic N) is 3. The van der Waals surface area contributed by atoms with Crippen LogP contribution in [0.5, 0.6) is 0 Å². The van der Waals surface area contributed by atoms with Crippen molar-refractivity contribution < 1.29 is 5.11 Å². The predicted octanol–water partition coefficient (Wildman–Crippen LogP) is 6.50. The standard InChI is InChI=1S/C32H37Cl2N5O/c1-22-21-38(30-7-2-3-8-30)13-14-39(22)31(20-36-32(40)37-29-17-27(33)16-28(34)18-29)25-11-9-24(10-12-25)26-6-4-5-23(15-26)19-35/h4-6,9-12,15-18,22,30-32,36-37,40H,2-3,7-8,13-14,20-21H2,1H3/t22-,31+,32?/m0/s1. The second kappa shape index (κ2) is 13.4. The van der Waals surface area contributed by atoms with Gasteiger partial charge in [-0.3, -0.25) is 15.1 Å². The molecule has 40 heavy (non-hydrogen) atoms. The topological polar surface area (TPSA) is 74.6 Å². The van der Waals surface area contributed by atoms with E-state index >= 15 is 0 Å². The van der Waals surface area contributed by atoms with Crippen LogP contribution in [-0.4, -0.2) is 59.5 Å². The Morgan fingerprint density at radius 2 is 1.70 bits per heavy atom. The Hall–Kier alpha value is -2.63. The number of aliphatic hydroxyl groups is 1. The Balaban J connectivity index is 1.33. The Morgan fingerprint density at radius 3 is 2.38 bits per heavy atom. The molecule has 0 aromatic heterocycles. The third-order valence-corrected chi connectivity index (χ3v) is 8.68. The fourth-order valence-corrected chi connectivity index (χ4v) is 6.75. The van der Waals surface area contributed by atoms with Gasteiger partial charge in [0.2, 0.25) is 0 Å². The zero-order valence-electron chi connectivity index (χ0n) is 22.9. The number of halogens is 2. The quantitative estimate of drug-likeness (QED) is 0.252. The number of anilines is 1. The van der Waals surface area contributed by atoms with E-state index in [1.165, 1.54) is 31.2 Å². The van der Waals surface area contributed by atoms with E-state index in [-0.39, 0.29) is 6.04 Å². The van der Waals surface area contributed by atoms with Crippen molar-refractivity contribution in [2.45, 2.75) is 57.1 Å². The van der Waals surface area contributed by atoms with Crippen LogP contribution in [0.3, 0.4) is 0 Å². The number of hydrogen-bond donors (Lipinski definition) is 3. The van der Waals surface area contributed by atoms with Crippen LogP contribution in [-0.2, 0) is 0 Å². The molecule has 210 valence electrons. The Morgan fingerprint density at radius 1 is 0.975 bits per heavy atom. The maximum absolute atomic E-state index is 10.8. The van der Waals surface area contributed by atoms with Crippen LogP contribution in [0.25, 0.3) is 11.1 Å². The van der Waals surface area contributed by atoms with Gasteiger partial charge in [-0.2, -0.15) is 5.26 Å². The van der Waals surface area contributed by atoms with E-state index in [0.717, 1.165) is 36.8 Å². The molecule has 2 aliphatic rings. The summed E-state index contributed by atoms with van der Waals surface area (Å²) in [6.07, 6.45) is 4.35. The highest BCUT2D eigenvalue weighted by Gasteiger charge is 2.34. The van der Waals surface area contributed by atoms with Gasteiger partial charge in [-0.25, -0.2) is 0 Å². The number of rotatable bonds is 9. The SMILES string of the molecule is C[C@H]1CN(C2CCCC2)CCN1[C@H](CNC(O)Nc1cc(Cl)cc(Cl)c1)c1ccc(-c2cccc(C#N)c2)cc1. The van der Waals surface area contributed by atoms with Crippen molar-refractivity contribution in [1.29, 1.82) is 5.26 Å². The summed E-state index contributed by atoms with van der Waals surface area (Å²) in [5, 5.41) is 27.5. The van der Waals surface area contributed by atoms with Gasteiger partial charge in [0.1, 0.15) is 0 Å². The van der Waals surface area contributed by atoms with Gasteiger partial charge in [-0.15, -0.1) is 0 Å². The van der Waals surface area contributed by atoms with Gasteiger partial charge in [-0.05, 0) is 66.8 Å². The molecule has 0 bridgehead atoms. The van der Waals surface area contributed by atoms with E-state index in [2.05, 4.69) is 57.7 Å². The second-order valence-corrected chi connectivity index (χ2v) is 11.8. The van der Waals surface area contributed by atoms with Crippen LogP contribution < -0.4 is 10.6 Å². The Kier molecular flexibility index (Phi) is 9.64. The minimum absolute atomic E-state index is 0.0691. The molecule has 0 radical (unpaired) electrons. The van der Waals surface area contributed by atoms with Crippen molar-refractivity contribution in [2.24, 2.45) is 0 Å². The molecular formula is C32H37Cl2N5O. The van der Waals surface area contributed by atoms with Crippen LogP contribution in [0.1, 0.15) is 49.8 Å². The third-order valence-electron chi connectivity index (χ3n) is 8.24. The van der Waals surface area contributed by atoms with Gasteiger partial charge in [0.05, 0.1) is 11.6 Å². The molecule has 8 heteroatoms. The zero-order valence-corrected chi connectivity index (χ0v) is 24.4. The average molecular weight is 579 g/mol. The Bertz CT molecular complexity index is 1300. The maximum atomic E-state index is 10.8. The molecule has 3 aromatic rings. The van der Waals surface area contributed by atoms with E-state index < -0.39 is 6.35 Å². The number of nitrogens with one attached hydrogen (secondary N) is 2. The zero-order chi connectivity index (χ0) is 28.1. The van der Waals surface area contributed by atoms with Crippen molar-refractivity contribution in [3.05, 3.63) is 87.9 Å². The monoisotopic (exact) mass is 577 g/mol. The summed E-state index contributed by atoms with van der Waals surface area (Å²) in [5.41, 5.74) is 4.59.